The van der Waals surface area contributed by atoms with Gasteiger partial charge in [-0.2, -0.15) is 0 Å². The topological polar surface area (TPSA) is 86.7 Å². The SMILES string of the molecule is O=C(CNC(=O)[C@@H]1c2ccccc2C(=O)N([C@H]2CC[C@H](O)CC2)[C@H]1c1ccc(Cl)cc1Cl)c1cccc(F)c1. The maximum atomic E-state index is 14.0. The van der Waals surface area contributed by atoms with E-state index in [0.717, 1.165) is 6.07 Å². The third kappa shape index (κ3) is 5.57. The summed E-state index contributed by atoms with van der Waals surface area (Å²) >= 11 is 12.9. The van der Waals surface area contributed by atoms with Crippen molar-refractivity contribution in [1.82, 2.24) is 10.2 Å². The van der Waals surface area contributed by atoms with Crippen LogP contribution in [0.15, 0.2) is 66.7 Å². The summed E-state index contributed by atoms with van der Waals surface area (Å²) in [5.74, 6) is -2.55. The lowest BCUT2D eigenvalue weighted by Gasteiger charge is -2.47. The van der Waals surface area contributed by atoms with Crippen molar-refractivity contribution in [2.24, 2.45) is 0 Å². The fourth-order valence-corrected chi connectivity index (χ4v) is 6.21. The number of aliphatic hydroxyl groups is 1. The highest BCUT2D eigenvalue weighted by Gasteiger charge is 2.47. The Morgan fingerprint density at radius 1 is 0.949 bits per heavy atom. The van der Waals surface area contributed by atoms with Gasteiger partial charge in [0.15, 0.2) is 5.78 Å². The molecule has 0 bridgehead atoms. The summed E-state index contributed by atoms with van der Waals surface area (Å²) in [6.07, 6.45) is 1.79. The van der Waals surface area contributed by atoms with E-state index in [0.29, 0.717) is 52.4 Å². The van der Waals surface area contributed by atoms with E-state index in [-0.39, 0.29) is 24.1 Å². The average Bonchev–Trinajstić information content (AvgIpc) is 2.92. The van der Waals surface area contributed by atoms with Crippen LogP contribution in [0.2, 0.25) is 10.0 Å². The largest absolute Gasteiger partial charge is 0.393 e. The number of carbonyl (C=O) groups excluding carboxylic acids is 3. The molecular formula is C30H27Cl2FN2O4. The molecule has 5 rings (SSSR count). The molecule has 0 unspecified atom stereocenters. The Morgan fingerprint density at radius 2 is 1.69 bits per heavy atom. The number of halogens is 3. The lowest BCUT2D eigenvalue weighted by Crippen LogP contribution is -2.52. The van der Waals surface area contributed by atoms with E-state index in [2.05, 4.69) is 5.32 Å². The molecule has 1 saturated carbocycles. The molecule has 2 atom stereocenters. The van der Waals surface area contributed by atoms with Crippen LogP contribution >= 0.6 is 23.2 Å². The van der Waals surface area contributed by atoms with Crippen molar-refractivity contribution in [3.8, 4) is 0 Å². The van der Waals surface area contributed by atoms with E-state index in [1.165, 1.54) is 18.2 Å². The van der Waals surface area contributed by atoms with Crippen molar-refractivity contribution >= 4 is 40.8 Å². The number of amides is 2. The molecule has 2 amide bonds. The first-order valence-electron chi connectivity index (χ1n) is 12.9. The first kappa shape index (κ1) is 27.3. The summed E-state index contributed by atoms with van der Waals surface area (Å²) in [6, 6.07) is 16.2. The number of Topliss-reactive ketones (excluding diaryl/α,β-unsaturated/α-hetero) is 1. The van der Waals surface area contributed by atoms with Crippen molar-refractivity contribution in [3.63, 3.8) is 0 Å². The lowest BCUT2D eigenvalue weighted by atomic mass is 9.77. The highest BCUT2D eigenvalue weighted by molar-refractivity contribution is 6.35. The minimum atomic E-state index is -0.885. The minimum Gasteiger partial charge on any atom is -0.393 e. The smallest absolute Gasteiger partial charge is 0.254 e. The molecule has 1 fully saturated rings. The molecule has 1 aliphatic carbocycles. The first-order chi connectivity index (χ1) is 18.7. The van der Waals surface area contributed by atoms with E-state index in [1.807, 2.05) is 0 Å². The molecule has 0 aromatic heterocycles. The summed E-state index contributed by atoms with van der Waals surface area (Å²) < 4.78 is 13.7. The van der Waals surface area contributed by atoms with Crippen molar-refractivity contribution in [1.29, 1.82) is 0 Å². The molecule has 0 saturated heterocycles. The van der Waals surface area contributed by atoms with Crippen molar-refractivity contribution in [2.45, 2.75) is 49.8 Å². The van der Waals surface area contributed by atoms with Crippen LogP contribution in [0.4, 0.5) is 4.39 Å². The van der Waals surface area contributed by atoms with Crippen LogP contribution in [0, 0.1) is 5.82 Å². The second kappa shape index (κ2) is 11.5. The first-order valence-corrected chi connectivity index (χ1v) is 13.6. The predicted octanol–water partition coefficient (Wildman–Crippen LogP) is 5.72. The summed E-state index contributed by atoms with van der Waals surface area (Å²) in [4.78, 5) is 42.4. The molecule has 3 aromatic carbocycles. The Labute approximate surface area is 235 Å². The summed E-state index contributed by atoms with van der Waals surface area (Å²) in [6.45, 7) is -0.342. The number of hydrogen-bond acceptors (Lipinski definition) is 4. The van der Waals surface area contributed by atoms with Gasteiger partial charge in [0.25, 0.3) is 5.91 Å². The third-order valence-corrected chi connectivity index (χ3v) is 8.13. The van der Waals surface area contributed by atoms with Gasteiger partial charge in [0, 0.05) is 27.2 Å². The summed E-state index contributed by atoms with van der Waals surface area (Å²) in [7, 11) is 0. The lowest BCUT2D eigenvalue weighted by molar-refractivity contribution is -0.124. The number of nitrogens with one attached hydrogen (secondary N) is 1. The molecule has 1 heterocycles. The van der Waals surface area contributed by atoms with Crippen LogP contribution in [0.25, 0.3) is 0 Å². The Bertz CT molecular complexity index is 1420. The second-order valence-corrected chi connectivity index (χ2v) is 10.8. The molecule has 1 aliphatic heterocycles. The van der Waals surface area contributed by atoms with Gasteiger partial charge in [0.2, 0.25) is 5.91 Å². The molecule has 2 N–H and O–H groups in total. The zero-order valence-corrected chi connectivity index (χ0v) is 22.5. The van der Waals surface area contributed by atoms with Gasteiger partial charge in [0.1, 0.15) is 5.82 Å². The number of fused-ring (bicyclic) bond motifs is 1. The average molecular weight is 569 g/mol. The fourth-order valence-electron chi connectivity index (χ4n) is 5.69. The van der Waals surface area contributed by atoms with Gasteiger partial charge < -0.3 is 15.3 Å². The van der Waals surface area contributed by atoms with Crippen LogP contribution < -0.4 is 5.32 Å². The van der Waals surface area contributed by atoms with E-state index in [4.69, 9.17) is 23.2 Å². The number of rotatable bonds is 6. The van der Waals surface area contributed by atoms with Gasteiger partial charge in [0.05, 0.1) is 24.6 Å². The zero-order chi connectivity index (χ0) is 27.7. The Hall–Kier alpha value is -3.26. The molecule has 39 heavy (non-hydrogen) atoms. The second-order valence-electron chi connectivity index (χ2n) is 10.0. The number of aliphatic hydroxyl groups excluding tert-OH is 1. The van der Waals surface area contributed by atoms with Crippen LogP contribution in [0.5, 0.6) is 0 Å². The maximum absolute atomic E-state index is 14.0. The Balaban J connectivity index is 1.56. The van der Waals surface area contributed by atoms with Gasteiger partial charge in [-0.05, 0) is 67.1 Å². The molecule has 202 valence electrons. The molecule has 9 heteroatoms. The van der Waals surface area contributed by atoms with Crippen LogP contribution in [-0.2, 0) is 4.79 Å². The molecule has 2 aliphatic rings. The minimum absolute atomic E-state index is 0.147. The molecular weight excluding hydrogens is 542 g/mol. The predicted molar refractivity (Wildman–Crippen MR) is 147 cm³/mol. The standard InChI is InChI=1S/C30H27Cl2FN2O4/c31-18-8-13-24(25(32)15-18)28-27(29(38)34-16-26(37)17-4-3-5-19(33)14-17)22-6-1-2-7-23(22)30(39)35(28)20-9-11-21(36)12-10-20/h1-8,13-15,20-21,27-28,36H,9-12,16H2,(H,34,38)/t20-,21-,27-,28+/m1/s1. The van der Waals surface area contributed by atoms with Gasteiger partial charge in [-0.15, -0.1) is 0 Å². The zero-order valence-electron chi connectivity index (χ0n) is 20.9. The van der Waals surface area contributed by atoms with Crippen molar-refractivity contribution in [3.05, 3.63) is 105 Å². The molecule has 6 nitrogen and oxygen atoms in total. The van der Waals surface area contributed by atoms with Gasteiger partial charge >= 0.3 is 0 Å². The van der Waals surface area contributed by atoms with Crippen molar-refractivity contribution in [2.75, 3.05) is 6.54 Å². The monoisotopic (exact) mass is 568 g/mol. The molecule has 0 spiro atoms. The third-order valence-electron chi connectivity index (χ3n) is 7.57. The number of hydrogen-bond donors (Lipinski definition) is 2. The van der Waals surface area contributed by atoms with Crippen LogP contribution in [-0.4, -0.2) is 46.3 Å². The highest BCUT2D eigenvalue weighted by atomic mass is 35.5. The number of ketones is 1. The van der Waals surface area contributed by atoms with E-state index >= 15 is 0 Å². The summed E-state index contributed by atoms with van der Waals surface area (Å²) in [5, 5.41) is 13.6. The fraction of sp³-hybridized carbons (Fsp3) is 0.300. The Morgan fingerprint density at radius 3 is 2.41 bits per heavy atom. The van der Waals surface area contributed by atoms with E-state index < -0.39 is 35.6 Å². The van der Waals surface area contributed by atoms with Gasteiger partial charge in [-0.1, -0.05) is 59.6 Å². The van der Waals surface area contributed by atoms with Gasteiger partial charge in [-0.25, -0.2) is 4.39 Å². The van der Waals surface area contributed by atoms with E-state index in [1.54, 1.807) is 47.4 Å². The van der Waals surface area contributed by atoms with E-state index in [9.17, 15) is 23.9 Å². The number of carbonyl (C=O) groups is 3. The quantitative estimate of drug-likeness (QED) is 0.372. The number of benzene rings is 3. The Kier molecular flexibility index (Phi) is 8.03. The molecule has 0 radical (unpaired) electrons. The van der Waals surface area contributed by atoms with Crippen LogP contribution in [0.3, 0.4) is 0 Å². The van der Waals surface area contributed by atoms with Crippen molar-refractivity contribution < 1.29 is 23.9 Å². The number of nitrogens with zero attached hydrogens (tertiary/aromatic N) is 1. The van der Waals surface area contributed by atoms with Crippen LogP contribution in [0.1, 0.15) is 69.5 Å². The summed E-state index contributed by atoms with van der Waals surface area (Å²) in [5.41, 5.74) is 1.64. The maximum Gasteiger partial charge on any atom is 0.254 e. The highest BCUT2D eigenvalue weighted by Crippen LogP contribution is 2.47. The molecule has 3 aromatic rings. The normalized spacial score (nSPS) is 22.8. The van der Waals surface area contributed by atoms with Gasteiger partial charge in [-0.3, -0.25) is 14.4 Å².